The van der Waals surface area contributed by atoms with Gasteiger partial charge in [0.1, 0.15) is 0 Å². The number of hydrogen-bond donors (Lipinski definition) is 2. The second-order valence-electron chi connectivity index (χ2n) is 4.54. The molecule has 0 aliphatic heterocycles. The van der Waals surface area contributed by atoms with E-state index in [4.69, 9.17) is 5.11 Å². The molecule has 0 spiro atoms. The molecule has 1 aromatic rings. The molecule has 0 aliphatic rings. The predicted octanol–water partition coefficient (Wildman–Crippen LogP) is 1.92. The van der Waals surface area contributed by atoms with Crippen molar-refractivity contribution in [1.29, 1.82) is 0 Å². The largest absolute Gasteiger partial charge is 0.395 e. The number of nitrogens with one attached hydrogen (secondary N) is 1. The minimum Gasteiger partial charge on any atom is -0.395 e. The summed E-state index contributed by atoms with van der Waals surface area (Å²) in [5.74, 6) is 0.647. The van der Waals surface area contributed by atoms with Crippen LogP contribution in [-0.4, -0.2) is 24.2 Å². The van der Waals surface area contributed by atoms with Crippen LogP contribution in [0.25, 0.3) is 0 Å². The van der Waals surface area contributed by atoms with Crippen molar-refractivity contribution in [2.45, 2.75) is 26.2 Å². The molecule has 1 amide bonds. The SMILES string of the molecule is CC(C)C(CC(=O)NCCO)c1ccccc1. The van der Waals surface area contributed by atoms with Crippen molar-refractivity contribution in [3.63, 3.8) is 0 Å². The highest BCUT2D eigenvalue weighted by molar-refractivity contribution is 5.76. The van der Waals surface area contributed by atoms with Crippen LogP contribution in [0.2, 0.25) is 0 Å². The zero-order valence-corrected chi connectivity index (χ0v) is 10.5. The highest BCUT2D eigenvalue weighted by Gasteiger charge is 2.18. The third-order valence-electron chi connectivity index (χ3n) is 2.87. The van der Waals surface area contributed by atoms with Gasteiger partial charge in [0.25, 0.3) is 0 Å². The van der Waals surface area contributed by atoms with E-state index < -0.39 is 0 Å². The Labute approximate surface area is 103 Å². The quantitative estimate of drug-likeness (QED) is 0.791. The smallest absolute Gasteiger partial charge is 0.220 e. The van der Waals surface area contributed by atoms with E-state index in [2.05, 4.69) is 31.3 Å². The molecule has 1 atom stereocenters. The van der Waals surface area contributed by atoms with Crippen LogP contribution in [0.1, 0.15) is 31.7 Å². The molecule has 3 nitrogen and oxygen atoms in total. The monoisotopic (exact) mass is 235 g/mol. The first-order valence-corrected chi connectivity index (χ1v) is 6.07. The Kier molecular flexibility index (Phi) is 5.70. The number of rotatable bonds is 6. The van der Waals surface area contributed by atoms with Gasteiger partial charge in [0.05, 0.1) is 6.61 Å². The van der Waals surface area contributed by atoms with E-state index in [1.54, 1.807) is 0 Å². The second kappa shape index (κ2) is 7.07. The maximum atomic E-state index is 11.7. The lowest BCUT2D eigenvalue weighted by Crippen LogP contribution is -2.28. The van der Waals surface area contributed by atoms with Gasteiger partial charge in [-0.05, 0) is 17.4 Å². The van der Waals surface area contributed by atoms with Gasteiger partial charge in [0, 0.05) is 13.0 Å². The van der Waals surface area contributed by atoms with E-state index in [1.807, 2.05) is 18.2 Å². The van der Waals surface area contributed by atoms with E-state index in [-0.39, 0.29) is 18.4 Å². The minimum absolute atomic E-state index is 0.00148. The van der Waals surface area contributed by atoms with Crippen LogP contribution in [0.15, 0.2) is 30.3 Å². The number of aliphatic hydroxyl groups excluding tert-OH is 1. The Balaban J connectivity index is 2.65. The van der Waals surface area contributed by atoms with E-state index >= 15 is 0 Å². The minimum atomic E-state index is -0.0105. The molecule has 0 saturated carbocycles. The summed E-state index contributed by atoms with van der Waals surface area (Å²) in [6.45, 7) is 4.57. The normalized spacial score (nSPS) is 12.5. The van der Waals surface area contributed by atoms with E-state index in [0.29, 0.717) is 18.9 Å². The van der Waals surface area contributed by atoms with Gasteiger partial charge in [-0.1, -0.05) is 44.2 Å². The van der Waals surface area contributed by atoms with Crippen molar-refractivity contribution >= 4 is 5.91 Å². The topological polar surface area (TPSA) is 49.3 Å². The van der Waals surface area contributed by atoms with Crippen LogP contribution in [0.4, 0.5) is 0 Å². The summed E-state index contributed by atoms with van der Waals surface area (Å²) in [5.41, 5.74) is 1.20. The third kappa shape index (κ3) is 4.57. The van der Waals surface area contributed by atoms with Gasteiger partial charge < -0.3 is 10.4 Å². The molecule has 0 heterocycles. The number of benzene rings is 1. The van der Waals surface area contributed by atoms with Crippen molar-refractivity contribution in [2.24, 2.45) is 5.92 Å². The molecule has 0 radical (unpaired) electrons. The van der Waals surface area contributed by atoms with E-state index in [0.717, 1.165) is 0 Å². The number of aliphatic hydroxyl groups is 1. The fourth-order valence-corrected chi connectivity index (χ4v) is 1.91. The van der Waals surface area contributed by atoms with E-state index in [9.17, 15) is 4.79 Å². The molecule has 3 heteroatoms. The highest BCUT2D eigenvalue weighted by Crippen LogP contribution is 2.27. The molecular formula is C14H21NO2. The maximum absolute atomic E-state index is 11.7. The lowest BCUT2D eigenvalue weighted by Gasteiger charge is -2.20. The van der Waals surface area contributed by atoms with Crippen LogP contribution in [0.3, 0.4) is 0 Å². The van der Waals surface area contributed by atoms with Crippen molar-refractivity contribution in [1.82, 2.24) is 5.32 Å². The van der Waals surface area contributed by atoms with Crippen molar-refractivity contribution in [3.05, 3.63) is 35.9 Å². The van der Waals surface area contributed by atoms with Crippen molar-refractivity contribution in [3.8, 4) is 0 Å². The number of carbonyl (C=O) groups is 1. The first-order chi connectivity index (χ1) is 8.15. The first kappa shape index (κ1) is 13.7. The van der Waals surface area contributed by atoms with Gasteiger partial charge in [-0.25, -0.2) is 0 Å². The fourth-order valence-electron chi connectivity index (χ4n) is 1.91. The molecule has 0 aliphatic carbocycles. The van der Waals surface area contributed by atoms with Gasteiger partial charge in [0.2, 0.25) is 5.91 Å². The molecule has 1 unspecified atom stereocenters. The van der Waals surface area contributed by atoms with Crippen molar-refractivity contribution in [2.75, 3.05) is 13.2 Å². The van der Waals surface area contributed by atoms with Crippen LogP contribution < -0.4 is 5.32 Å². The molecule has 2 N–H and O–H groups in total. The van der Waals surface area contributed by atoms with E-state index in [1.165, 1.54) is 5.56 Å². The predicted molar refractivity (Wildman–Crippen MR) is 68.7 cm³/mol. The lowest BCUT2D eigenvalue weighted by atomic mass is 9.85. The summed E-state index contributed by atoms with van der Waals surface area (Å²) in [4.78, 5) is 11.7. The fraction of sp³-hybridized carbons (Fsp3) is 0.500. The van der Waals surface area contributed by atoms with Crippen molar-refractivity contribution < 1.29 is 9.90 Å². The third-order valence-corrected chi connectivity index (χ3v) is 2.87. The summed E-state index contributed by atoms with van der Waals surface area (Å²) in [6.07, 6.45) is 0.474. The Morgan fingerprint density at radius 2 is 1.94 bits per heavy atom. The Morgan fingerprint density at radius 1 is 1.29 bits per heavy atom. The molecule has 0 aromatic heterocycles. The standard InChI is InChI=1S/C14H21NO2/c1-11(2)13(10-14(17)15-8-9-16)12-6-4-3-5-7-12/h3-7,11,13,16H,8-10H2,1-2H3,(H,15,17). The highest BCUT2D eigenvalue weighted by atomic mass is 16.3. The maximum Gasteiger partial charge on any atom is 0.220 e. The van der Waals surface area contributed by atoms with Crippen LogP contribution in [-0.2, 0) is 4.79 Å². The summed E-state index contributed by atoms with van der Waals surface area (Å²) in [7, 11) is 0. The van der Waals surface area contributed by atoms with Gasteiger partial charge in [-0.15, -0.1) is 0 Å². The molecule has 0 bridgehead atoms. The molecule has 0 saturated heterocycles. The molecule has 1 rings (SSSR count). The molecule has 94 valence electrons. The zero-order chi connectivity index (χ0) is 12.7. The lowest BCUT2D eigenvalue weighted by molar-refractivity contribution is -0.121. The Hall–Kier alpha value is -1.35. The average molecular weight is 235 g/mol. The Bertz CT molecular complexity index is 335. The van der Waals surface area contributed by atoms with Gasteiger partial charge in [-0.2, -0.15) is 0 Å². The van der Waals surface area contributed by atoms with Gasteiger partial charge in [-0.3, -0.25) is 4.79 Å². The Morgan fingerprint density at radius 3 is 2.47 bits per heavy atom. The second-order valence-corrected chi connectivity index (χ2v) is 4.54. The zero-order valence-electron chi connectivity index (χ0n) is 10.5. The van der Waals surface area contributed by atoms with Crippen LogP contribution in [0, 0.1) is 5.92 Å². The summed E-state index contributed by atoms with van der Waals surface area (Å²) in [5, 5.41) is 11.4. The number of carbonyl (C=O) groups excluding carboxylic acids is 1. The van der Waals surface area contributed by atoms with Crippen LogP contribution in [0.5, 0.6) is 0 Å². The van der Waals surface area contributed by atoms with Gasteiger partial charge >= 0.3 is 0 Å². The summed E-state index contributed by atoms with van der Waals surface area (Å²) in [6, 6.07) is 10.1. The number of hydrogen-bond acceptors (Lipinski definition) is 2. The van der Waals surface area contributed by atoms with Crippen LogP contribution >= 0.6 is 0 Å². The summed E-state index contributed by atoms with van der Waals surface area (Å²) >= 11 is 0. The molecule has 1 aromatic carbocycles. The molecule has 0 fully saturated rings. The molecule has 17 heavy (non-hydrogen) atoms. The number of amides is 1. The first-order valence-electron chi connectivity index (χ1n) is 6.07. The molecular weight excluding hydrogens is 214 g/mol. The van der Waals surface area contributed by atoms with Gasteiger partial charge in [0.15, 0.2) is 0 Å². The summed E-state index contributed by atoms with van der Waals surface area (Å²) < 4.78 is 0. The average Bonchev–Trinajstić information content (AvgIpc) is 2.34.